The summed E-state index contributed by atoms with van der Waals surface area (Å²) in [5.74, 6) is -0.407. The molecule has 0 bridgehead atoms. The minimum absolute atomic E-state index is 0.0390. The lowest BCUT2D eigenvalue weighted by atomic mass is 9.73. The molecule has 0 fully saturated rings. The van der Waals surface area contributed by atoms with E-state index >= 15 is 0 Å². The Morgan fingerprint density at radius 3 is 2.37 bits per heavy atom. The van der Waals surface area contributed by atoms with Gasteiger partial charge in [0.25, 0.3) is 0 Å². The molecule has 1 amide bonds. The SMILES string of the molecule is [B]c1cc([C@@]2(C)N=C(N)N(C)C(=O)[C@@H]2c2ccc(C(C)(C)C)cc2)ccn1. The number of nitrogens with zero attached hydrogens (tertiary/aromatic N) is 3. The van der Waals surface area contributed by atoms with Crippen LogP contribution in [-0.4, -0.2) is 36.6 Å². The lowest BCUT2D eigenvalue weighted by molar-refractivity contribution is -0.130. The Balaban J connectivity index is 2.16. The van der Waals surface area contributed by atoms with Gasteiger partial charge in [-0.05, 0) is 46.8 Å². The van der Waals surface area contributed by atoms with Crippen LogP contribution in [0.2, 0.25) is 0 Å². The highest BCUT2D eigenvalue weighted by atomic mass is 16.2. The molecule has 1 aromatic carbocycles. The van der Waals surface area contributed by atoms with Crippen LogP contribution in [0.3, 0.4) is 0 Å². The van der Waals surface area contributed by atoms with Gasteiger partial charge in [-0.25, -0.2) is 4.99 Å². The van der Waals surface area contributed by atoms with Crippen LogP contribution >= 0.6 is 0 Å². The molecule has 27 heavy (non-hydrogen) atoms. The van der Waals surface area contributed by atoms with Crippen LogP contribution in [0.15, 0.2) is 47.6 Å². The number of amides is 1. The molecule has 2 aromatic rings. The quantitative estimate of drug-likeness (QED) is 0.833. The van der Waals surface area contributed by atoms with Gasteiger partial charge in [-0.2, -0.15) is 0 Å². The van der Waals surface area contributed by atoms with Crippen LogP contribution in [-0.2, 0) is 15.7 Å². The second kappa shape index (κ2) is 6.52. The minimum atomic E-state index is -0.867. The smallest absolute Gasteiger partial charge is 0.239 e. The molecule has 6 heteroatoms. The number of aromatic nitrogens is 1. The lowest BCUT2D eigenvalue weighted by Crippen LogP contribution is -2.52. The van der Waals surface area contributed by atoms with Crippen molar-refractivity contribution in [2.24, 2.45) is 10.7 Å². The van der Waals surface area contributed by atoms with Crippen LogP contribution < -0.4 is 11.3 Å². The summed E-state index contributed by atoms with van der Waals surface area (Å²) >= 11 is 0. The second-order valence-electron chi connectivity index (χ2n) is 8.29. The summed E-state index contributed by atoms with van der Waals surface area (Å²) in [6, 6.07) is 11.8. The molecule has 0 saturated heterocycles. The first-order chi connectivity index (χ1) is 12.5. The molecule has 0 spiro atoms. The molecule has 2 radical (unpaired) electrons. The van der Waals surface area contributed by atoms with Gasteiger partial charge in [-0.3, -0.25) is 14.7 Å². The van der Waals surface area contributed by atoms with Crippen molar-refractivity contribution in [3.63, 3.8) is 0 Å². The number of nitrogens with two attached hydrogens (primary N) is 1. The van der Waals surface area contributed by atoms with E-state index in [1.807, 2.05) is 25.1 Å². The summed E-state index contributed by atoms with van der Waals surface area (Å²) < 4.78 is 0. The summed E-state index contributed by atoms with van der Waals surface area (Å²) in [5, 5.41) is 0. The Morgan fingerprint density at radius 1 is 1.19 bits per heavy atom. The number of likely N-dealkylation sites (N-methyl/N-ethyl adjacent to an activating group) is 1. The van der Waals surface area contributed by atoms with Crippen molar-refractivity contribution in [2.75, 3.05) is 7.05 Å². The van der Waals surface area contributed by atoms with Crippen molar-refractivity contribution in [2.45, 2.75) is 44.6 Å². The topological polar surface area (TPSA) is 71.6 Å². The summed E-state index contributed by atoms with van der Waals surface area (Å²) in [4.78, 5) is 23.4. The first kappa shape index (κ1) is 19.1. The largest absolute Gasteiger partial charge is 0.369 e. The first-order valence-corrected chi connectivity index (χ1v) is 8.99. The molecule has 3 rings (SSSR count). The Labute approximate surface area is 162 Å². The maximum absolute atomic E-state index is 13.2. The Hall–Kier alpha value is -2.63. The number of pyridine rings is 1. The zero-order valence-electron chi connectivity index (χ0n) is 16.5. The number of aliphatic imine (C=N–C) groups is 1. The minimum Gasteiger partial charge on any atom is -0.369 e. The summed E-state index contributed by atoms with van der Waals surface area (Å²) in [6.45, 7) is 8.41. The van der Waals surface area contributed by atoms with Crippen LogP contribution in [0, 0.1) is 0 Å². The van der Waals surface area contributed by atoms with E-state index in [0.29, 0.717) is 5.59 Å². The highest BCUT2D eigenvalue weighted by Crippen LogP contribution is 2.43. The van der Waals surface area contributed by atoms with Crippen molar-refractivity contribution < 1.29 is 4.79 Å². The van der Waals surface area contributed by atoms with E-state index in [0.717, 1.165) is 11.1 Å². The van der Waals surface area contributed by atoms with Gasteiger partial charge in [0.2, 0.25) is 5.91 Å². The van der Waals surface area contributed by atoms with Gasteiger partial charge >= 0.3 is 0 Å². The second-order valence-corrected chi connectivity index (χ2v) is 8.29. The molecule has 0 unspecified atom stereocenters. The van der Waals surface area contributed by atoms with Crippen molar-refractivity contribution in [1.82, 2.24) is 9.88 Å². The summed E-state index contributed by atoms with van der Waals surface area (Å²) in [5.41, 5.74) is 8.52. The molecule has 2 heterocycles. The summed E-state index contributed by atoms with van der Waals surface area (Å²) in [6.07, 6.45) is 1.63. The number of hydrogen-bond acceptors (Lipinski definition) is 4. The zero-order chi connectivity index (χ0) is 20.0. The third kappa shape index (κ3) is 3.36. The van der Waals surface area contributed by atoms with E-state index in [1.165, 1.54) is 10.5 Å². The average Bonchev–Trinajstić information content (AvgIpc) is 2.59. The molecule has 138 valence electrons. The molecule has 0 saturated carbocycles. The number of rotatable bonds is 2. The molecule has 1 aliphatic heterocycles. The van der Waals surface area contributed by atoms with E-state index in [1.54, 1.807) is 19.3 Å². The molecule has 0 aliphatic carbocycles. The van der Waals surface area contributed by atoms with Gasteiger partial charge in [0.05, 0.1) is 5.92 Å². The number of guanidine groups is 1. The molecule has 2 N–H and O–H groups in total. The normalized spacial score (nSPS) is 23.3. The van der Waals surface area contributed by atoms with Crippen molar-refractivity contribution in [1.29, 1.82) is 0 Å². The monoisotopic (exact) mass is 360 g/mol. The predicted octanol–water partition coefficient (Wildman–Crippen LogP) is 1.96. The highest BCUT2D eigenvalue weighted by Gasteiger charge is 2.47. The lowest BCUT2D eigenvalue weighted by Gasteiger charge is -2.41. The zero-order valence-corrected chi connectivity index (χ0v) is 16.5. The van der Waals surface area contributed by atoms with Gasteiger partial charge in [0.15, 0.2) is 5.96 Å². The molecule has 1 aliphatic rings. The van der Waals surface area contributed by atoms with Gasteiger partial charge in [-0.1, -0.05) is 45.0 Å². The Morgan fingerprint density at radius 2 is 1.81 bits per heavy atom. The van der Waals surface area contributed by atoms with Gasteiger partial charge in [0.1, 0.15) is 13.4 Å². The van der Waals surface area contributed by atoms with E-state index < -0.39 is 11.5 Å². The van der Waals surface area contributed by atoms with E-state index in [4.69, 9.17) is 18.6 Å². The fourth-order valence-electron chi connectivity index (χ4n) is 3.56. The van der Waals surface area contributed by atoms with Crippen molar-refractivity contribution >= 4 is 25.3 Å². The van der Waals surface area contributed by atoms with Crippen molar-refractivity contribution in [3.8, 4) is 0 Å². The van der Waals surface area contributed by atoms with Crippen LogP contribution in [0.4, 0.5) is 0 Å². The van der Waals surface area contributed by atoms with E-state index in [2.05, 4.69) is 37.9 Å². The number of benzene rings is 1. The first-order valence-electron chi connectivity index (χ1n) is 8.99. The van der Waals surface area contributed by atoms with Crippen molar-refractivity contribution in [3.05, 3.63) is 59.3 Å². The van der Waals surface area contributed by atoms with Crippen LogP contribution in [0.1, 0.15) is 50.3 Å². The van der Waals surface area contributed by atoms with E-state index in [-0.39, 0.29) is 17.3 Å². The van der Waals surface area contributed by atoms with E-state index in [9.17, 15) is 4.79 Å². The Kier molecular flexibility index (Phi) is 4.62. The van der Waals surface area contributed by atoms with Gasteiger partial charge in [-0.15, -0.1) is 0 Å². The van der Waals surface area contributed by atoms with Crippen LogP contribution in [0.25, 0.3) is 0 Å². The third-order valence-corrected chi connectivity index (χ3v) is 5.31. The standard InChI is InChI=1S/C21H25BN4O/c1-20(2,3)14-8-6-13(7-9-14)17-18(27)26(5)19(23)25-21(17,4)15-10-11-24-16(22)12-15/h6-12,17H,1-5H3,(H2,23,25)/t17-,21+/m0/s1. The molecular formula is C21H25BN4O. The maximum Gasteiger partial charge on any atom is 0.239 e. The number of carbonyl (C=O) groups is 1. The fraction of sp³-hybridized carbons (Fsp3) is 0.381. The highest BCUT2D eigenvalue weighted by molar-refractivity contribution is 6.30. The maximum atomic E-state index is 13.2. The number of hydrogen-bond donors (Lipinski definition) is 1. The van der Waals surface area contributed by atoms with Crippen LogP contribution in [0.5, 0.6) is 0 Å². The molecule has 1 aromatic heterocycles. The van der Waals surface area contributed by atoms with Gasteiger partial charge < -0.3 is 5.73 Å². The summed E-state index contributed by atoms with van der Waals surface area (Å²) in [7, 11) is 7.54. The fourth-order valence-corrected chi connectivity index (χ4v) is 3.56. The molecule has 2 atom stereocenters. The Bertz CT molecular complexity index is 901. The molecular weight excluding hydrogens is 335 g/mol. The predicted molar refractivity (Wildman–Crippen MR) is 109 cm³/mol. The molecule has 5 nitrogen and oxygen atoms in total. The number of carbonyl (C=O) groups excluding carboxylic acids is 1. The third-order valence-electron chi connectivity index (χ3n) is 5.31. The average molecular weight is 360 g/mol. The van der Waals surface area contributed by atoms with Gasteiger partial charge in [0, 0.05) is 13.2 Å².